The van der Waals surface area contributed by atoms with E-state index in [1.54, 1.807) is 30.3 Å². The molecule has 180 valence electrons. The van der Waals surface area contributed by atoms with Gasteiger partial charge in [-0.1, -0.05) is 46.9 Å². The molecule has 35 heavy (non-hydrogen) atoms. The summed E-state index contributed by atoms with van der Waals surface area (Å²) in [6.45, 7) is 0.0110. The van der Waals surface area contributed by atoms with Crippen LogP contribution in [-0.4, -0.2) is 24.5 Å². The van der Waals surface area contributed by atoms with Crippen LogP contribution in [0.2, 0.25) is 15.1 Å². The quantitative estimate of drug-likeness (QED) is 0.208. The molecule has 1 heterocycles. The molecule has 12 heteroatoms. The van der Waals surface area contributed by atoms with E-state index in [0.29, 0.717) is 30.7 Å². The van der Waals surface area contributed by atoms with Gasteiger partial charge in [-0.3, -0.25) is 14.5 Å². The summed E-state index contributed by atoms with van der Waals surface area (Å²) < 4.78 is 30.6. The highest BCUT2D eigenvalue weighted by Crippen LogP contribution is 2.36. The smallest absolute Gasteiger partial charge is 0.339 e. The zero-order valence-corrected chi connectivity index (χ0v) is 22.9. The first-order valence-corrected chi connectivity index (χ1v) is 13.9. The highest BCUT2D eigenvalue weighted by molar-refractivity contribution is 9.10. The molecule has 0 saturated carbocycles. The largest absolute Gasteiger partial charge is 0.378 e. The Hall–Kier alpha value is -2.01. The van der Waals surface area contributed by atoms with E-state index in [0.717, 1.165) is 16.7 Å². The number of amides is 2. The molecule has 2 amide bonds. The molecule has 0 unspecified atom stereocenters. The maximum absolute atomic E-state index is 12.8. The SMILES string of the molecule is O=C1S/C(=C\c2ccc(OS(=O)(=O)c3ccc(Cl)cc3)c(Br)c2)C(=O)N1Cc1ccc(Cl)cc1Cl. The van der Waals surface area contributed by atoms with Gasteiger partial charge in [0.1, 0.15) is 4.90 Å². The fraction of sp³-hybridized carbons (Fsp3) is 0.0435. The predicted octanol–water partition coefficient (Wildman–Crippen LogP) is 7.41. The summed E-state index contributed by atoms with van der Waals surface area (Å²) in [6.07, 6.45) is 1.54. The van der Waals surface area contributed by atoms with Gasteiger partial charge in [0, 0.05) is 15.1 Å². The van der Waals surface area contributed by atoms with Crippen molar-refractivity contribution >= 4 is 89.8 Å². The van der Waals surface area contributed by atoms with Crippen LogP contribution < -0.4 is 4.18 Å². The van der Waals surface area contributed by atoms with Crippen molar-refractivity contribution in [3.05, 3.63) is 96.2 Å². The van der Waals surface area contributed by atoms with Crippen LogP contribution in [-0.2, 0) is 21.5 Å². The van der Waals surface area contributed by atoms with E-state index in [9.17, 15) is 18.0 Å². The second-order valence-corrected chi connectivity index (χ2v) is 11.9. The molecule has 0 bridgehead atoms. The van der Waals surface area contributed by atoms with Crippen molar-refractivity contribution in [1.82, 2.24) is 4.90 Å². The Balaban J connectivity index is 1.52. The van der Waals surface area contributed by atoms with Gasteiger partial charge in [-0.15, -0.1) is 0 Å². The third-order valence-electron chi connectivity index (χ3n) is 4.77. The number of halogens is 4. The van der Waals surface area contributed by atoms with E-state index >= 15 is 0 Å². The number of hydrogen-bond donors (Lipinski definition) is 0. The molecule has 6 nitrogen and oxygen atoms in total. The van der Waals surface area contributed by atoms with Gasteiger partial charge in [0.05, 0.1) is 15.9 Å². The van der Waals surface area contributed by atoms with Crippen molar-refractivity contribution in [2.24, 2.45) is 0 Å². The first-order valence-electron chi connectivity index (χ1n) is 9.72. The summed E-state index contributed by atoms with van der Waals surface area (Å²) in [6, 6.07) is 15.0. The van der Waals surface area contributed by atoms with E-state index in [4.69, 9.17) is 39.0 Å². The average molecular weight is 634 g/mol. The second-order valence-electron chi connectivity index (χ2n) is 7.18. The van der Waals surface area contributed by atoms with Crippen LogP contribution in [0, 0.1) is 0 Å². The van der Waals surface area contributed by atoms with Crippen LogP contribution in [0.4, 0.5) is 4.79 Å². The highest BCUT2D eigenvalue weighted by atomic mass is 79.9. The lowest BCUT2D eigenvalue weighted by Crippen LogP contribution is -2.27. The number of imide groups is 1. The minimum absolute atomic E-state index is 0.0110. The number of benzene rings is 3. The molecule has 4 rings (SSSR count). The van der Waals surface area contributed by atoms with Crippen LogP contribution in [0.15, 0.2) is 74.9 Å². The second kappa shape index (κ2) is 10.5. The molecule has 0 aliphatic carbocycles. The first-order chi connectivity index (χ1) is 16.5. The van der Waals surface area contributed by atoms with E-state index in [1.165, 1.54) is 36.4 Å². The summed E-state index contributed by atoms with van der Waals surface area (Å²) in [5.41, 5.74) is 1.15. The normalized spacial score (nSPS) is 15.2. The van der Waals surface area contributed by atoms with Crippen molar-refractivity contribution in [2.75, 3.05) is 0 Å². The minimum Gasteiger partial charge on any atom is -0.378 e. The molecule has 3 aromatic rings. The zero-order chi connectivity index (χ0) is 25.3. The molecule has 0 aromatic heterocycles. The lowest BCUT2D eigenvalue weighted by Gasteiger charge is -2.13. The van der Waals surface area contributed by atoms with Gasteiger partial charge >= 0.3 is 10.1 Å². The molecular formula is C23H13BrCl3NO5S2. The van der Waals surface area contributed by atoms with E-state index in [-0.39, 0.29) is 22.1 Å². The highest BCUT2D eigenvalue weighted by Gasteiger charge is 2.35. The third kappa shape index (κ3) is 6.04. The van der Waals surface area contributed by atoms with Crippen LogP contribution >= 0.6 is 62.5 Å². The van der Waals surface area contributed by atoms with E-state index < -0.39 is 21.3 Å². The van der Waals surface area contributed by atoms with Crippen LogP contribution in [0.1, 0.15) is 11.1 Å². The molecule has 1 aliphatic heterocycles. The van der Waals surface area contributed by atoms with Crippen molar-refractivity contribution in [3.8, 4) is 5.75 Å². The maximum atomic E-state index is 12.8. The average Bonchev–Trinajstić information content (AvgIpc) is 3.05. The Morgan fingerprint density at radius 3 is 2.29 bits per heavy atom. The lowest BCUT2D eigenvalue weighted by atomic mass is 10.2. The standard InChI is InChI=1S/C23H13BrCl3NO5S2/c24-18-9-13(1-8-20(18)33-35(31,32)17-6-4-15(25)5-7-17)10-21-22(29)28(23(30)34-21)12-14-2-3-16(26)11-19(14)27/h1-11H,12H2/b21-10-. The first kappa shape index (κ1) is 26.1. The van der Waals surface area contributed by atoms with Gasteiger partial charge in [-0.05, 0) is 93.4 Å². The van der Waals surface area contributed by atoms with E-state index in [1.807, 2.05) is 0 Å². The van der Waals surface area contributed by atoms with Crippen LogP contribution in [0.5, 0.6) is 5.75 Å². The number of rotatable bonds is 6. The summed E-state index contributed by atoms with van der Waals surface area (Å²) >= 11 is 22.0. The number of carbonyl (C=O) groups is 2. The number of nitrogens with zero attached hydrogens (tertiary/aromatic N) is 1. The fourth-order valence-electron chi connectivity index (χ4n) is 3.05. The van der Waals surface area contributed by atoms with Crippen LogP contribution in [0.3, 0.4) is 0 Å². The molecule has 0 radical (unpaired) electrons. The molecule has 0 N–H and O–H groups in total. The summed E-state index contributed by atoms with van der Waals surface area (Å²) in [4.78, 5) is 26.6. The van der Waals surface area contributed by atoms with Gasteiger partial charge in [0.25, 0.3) is 11.1 Å². The van der Waals surface area contributed by atoms with Gasteiger partial charge in [0.2, 0.25) is 0 Å². The number of hydrogen-bond acceptors (Lipinski definition) is 6. The fourth-order valence-corrected chi connectivity index (χ4v) is 6.01. The molecule has 1 aliphatic rings. The molecular weight excluding hydrogens is 621 g/mol. The van der Waals surface area contributed by atoms with Gasteiger partial charge in [-0.2, -0.15) is 8.42 Å². The van der Waals surface area contributed by atoms with Crippen molar-refractivity contribution in [3.63, 3.8) is 0 Å². The monoisotopic (exact) mass is 631 g/mol. The summed E-state index contributed by atoms with van der Waals surface area (Å²) in [5.74, 6) is -0.407. The molecule has 0 atom stereocenters. The van der Waals surface area contributed by atoms with Gasteiger partial charge < -0.3 is 4.18 Å². The van der Waals surface area contributed by atoms with Crippen molar-refractivity contribution in [2.45, 2.75) is 11.4 Å². The van der Waals surface area contributed by atoms with Crippen molar-refractivity contribution < 1.29 is 22.2 Å². The van der Waals surface area contributed by atoms with Crippen molar-refractivity contribution in [1.29, 1.82) is 0 Å². The zero-order valence-electron chi connectivity index (χ0n) is 17.4. The molecule has 0 spiro atoms. The Bertz CT molecular complexity index is 1480. The number of thioether (sulfide) groups is 1. The maximum Gasteiger partial charge on any atom is 0.339 e. The summed E-state index contributed by atoms with van der Waals surface area (Å²) in [7, 11) is -4.08. The predicted molar refractivity (Wildman–Crippen MR) is 141 cm³/mol. The van der Waals surface area contributed by atoms with Gasteiger partial charge in [-0.25, -0.2) is 0 Å². The molecule has 1 saturated heterocycles. The molecule has 1 fully saturated rings. The minimum atomic E-state index is -4.08. The van der Waals surface area contributed by atoms with Gasteiger partial charge in [0.15, 0.2) is 5.75 Å². The van der Waals surface area contributed by atoms with E-state index in [2.05, 4.69) is 15.9 Å². The molecule has 3 aromatic carbocycles. The lowest BCUT2D eigenvalue weighted by molar-refractivity contribution is -0.123. The summed E-state index contributed by atoms with van der Waals surface area (Å²) in [5, 5.41) is 0.774. The third-order valence-corrected chi connectivity index (χ3v) is 8.39. The number of carbonyl (C=O) groups excluding carboxylic acids is 2. The Labute approximate surface area is 229 Å². The Morgan fingerprint density at radius 2 is 1.63 bits per heavy atom. The van der Waals surface area contributed by atoms with Crippen LogP contribution in [0.25, 0.3) is 6.08 Å². The topological polar surface area (TPSA) is 80.8 Å². The Morgan fingerprint density at radius 1 is 0.943 bits per heavy atom. The Kier molecular flexibility index (Phi) is 7.85.